The van der Waals surface area contributed by atoms with Crippen LogP contribution in [0.25, 0.3) is 0 Å². The van der Waals surface area contributed by atoms with Crippen molar-refractivity contribution < 1.29 is 14.4 Å². The molecule has 0 bridgehead atoms. The van der Waals surface area contributed by atoms with E-state index < -0.39 is 5.60 Å². The molecule has 0 spiro atoms. The fourth-order valence-electron chi connectivity index (χ4n) is 3.38. The van der Waals surface area contributed by atoms with E-state index in [0.717, 1.165) is 49.8 Å². The molecule has 1 aromatic heterocycles. The summed E-state index contributed by atoms with van der Waals surface area (Å²) in [7, 11) is 0. The predicted octanol–water partition coefficient (Wildman–Crippen LogP) is 0.849. The van der Waals surface area contributed by atoms with E-state index in [-0.39, 0.29) is 5.91 Å². The van der Waals surface area contributed by atoms with Crippen LogP contribution < -0.4 is 0 Å². The molecule has 2 aliphatic heterocycles. The van der Waals surface area contributed by atoms with Gasteiger partial charge in [0.2, 0.25) is 5.89 Å². The van der Waals surface area contributed by atoms with Gasteiger partial charge in [-0.25, -0.2) is 0 Å². The highest BCUT2D eigenvalue weighted by molar-refractivity contribution is 7.99. The van der Waals surface area contributed by atoms with Gasteiger partial charge < -0.3 is 14.5 Å². The normalized spacial score (nSPS) is 29.0. The number of hydrogen-bond donors (Lipinski definition) is 1. The molecule has 3 aliphatic rings. The molecule has 132 valence electrons. The molecule has 3 heterocycles. The first-order valence-corrected chi connectivity index (χ1v) is 9.94. The summed E-state index contributed by atoms with van der Waals surface area (Å²) in [6.45, 7) is 3.71. The average Bonchev–Trinajstić information content (AvgIpc) is 3.24. The highest BCUT2D eigenvalue weighted by Crippen LogP contribution is 2.38. The van der Waals surface area contributed by atoms with Crippen molar-refractivity contribution in [3.63, 3.8) is 0 Å². The number of carbonyl (C=O) groups is 1. The quantitative estimate of drug-likeness (QED) is 0.860. The van der Waals surface area contributed by atoms with Crippen molar-refractivity contribution in [2.24, 2.45) is 0 Å². The third-order valence-corrected chi connectivity index (χ3v) is 6.22. The molecule has 24 heavy (non-hydrogen) atoms. The number of aromatic nitrogens is 2. The smallest absolute Gasteiger partial charge is 0.255 e. The first kappa shape index (κ1) is 16.4. The third-order valence-electron chi connectivity index (χ3n) is 5.05. The molecular weight excluding hydrogens is 328 g/mol. The summed E-state index contributed by atoms with van der Waals surface area (Å²) in [4.78, 5) is 21.2. The summed E-state index contributed by atoms with van der Waals surface area (Å²) < 4.78 is 5.31. The van der Waals surface area contributed by atoms with Crippen molar-refractivity contribution in [1.82, 2.24) is 19.9 Å². The van der Waals surface area contributed by atoms with Crippen molar-refractivity contribution in [3.8, 4) is 0 Å². The fourth-order valence-corrected chi connectivity index (χ4v) is 4.61. The maximum absolute atomic E-state index is 12.6. The van der Waals surface area contributed by atoms with Gasteiger partial charge in [-0.3, -0.25) is 9.69 Å². The summed E-state index contributed by atoms with van der Waals surface area (Å²) in [6.07, 6.45) is 3.79. The van der Waals surface area contributed by atoms with Gasteiger partial charge in [-0.05, 0) is 31.4 Å². The standard InChI is InChI=1S/C16H24N4O3S/c21-15(16(22)4-9-24-11-16)20-6-1-5-19(7-8-20)10-13-17-14(23-18-13)12-2-3-12/h12,22H,1-11H2. The summed E-state index contributed by atoms with van der Waals surface area (Å²) in [5.41, 5.74) is -1.15. The molecule has 7 nitrogen and oxygen atoms in total. The molecule has 1 aliphatic carbocycles. The Morgan fingerprint density at radius 3 is 2.96 bits per heavy atom. The Labute approximate surface area is 145 Å². The van der Waals surface area contributed by atoms with E-state index in [1.54, 1.807) is 11.8 Å². The topological polar surface area (TPSA) is 82.7 Å². The molecule has 3 fully saturated rings. The Morgan fingerprint density at radius 2 is 2.21 bits per heavy atom. The van der Waals surface area contributed by atoms with E-state index in [9.17, 15) is 9.90 Å². The van der Waals surface area contributed by atoms with E-state index in [2.05, 4.69) is 15.0 Å². The number of amides is 1. The van der Waals surface area contributed by atoms with Gasteiger partial charge in [-0.1, -0.05) is 5.16 Å². The van der Waals surface area contributed by atoms with E-state index in [1.165, 1.54) is 0 Å². The second-order valence-electron chi connectivity index (χ2n) is 7.08. The molecule has 1 N–H and O–H groups in total. The zero-order valence-electron chi connectivity index (χ0n) is 13.8. The van der Waals surface area contributed by atoms with Crippen molar-refractivity contribution in [3.05, 3.63) is 11.7 Å². The summed E-state index contributed by atoms with van der Waals surface area (Å²) in [6, 6.07) is 0. The molecule has 4 rings (SSSR count). The van der Waals surface area contributed by atoms with Crippen LogP contribution in [0, 0.1) is 0 Å². The Hall–Kier alpha value is -1.12. The summed E-state index contributed by atoms with van der Waals surface area (Å²) >= 11 is 1.66. The summed E-state index contributed by atoms with van der Waals surface area (Å²) in [5.74, 6) is 3.29. The Kier molecular flexibility index (Phi) is 4.53. The molecule has 1 saturated carbocycles. The lowest BCUT2D eigenvalue weighted by atomic mass is 10.0. The number of hydrogen-bond acceptors (Lipinski definition) is 7. The SMILES string of the molecule is O=C(N1CCCN(Cc2noc(C3CC3)n2)CC1)C1(O)CCSC1. The van der Waals surface area contributed by atoms with Gasteiger partial charge in [-0.2, -0.15) is 16.7 Å². The molecule has 2 saturated heterocycles. The highest BCUT2D eigenvalue weighted by atomic mass is 32.2. The van der Waals surface area contributed by atoms with Crippen LogP contribution in [0.1, 0.15) is 43.3 Å². The van der Waals surface area contributed by atoms with Crippen molar-refractivity contribution in [2.45, 2.75) is 43.7 Å². The lowest BCUT2D eigenvalue weighted by Crippen LogP contribution is -2.50. The Morgan fingerprint density at radius 1 is 1.33 bits per heavy atom. The van der Waals surface area contributed by atoms with Crippen LogP contribution in [0.5, 0.6) is 0 Å². The second-order valence-corrected chi connectivity index (χ2v) is 8.18. The molecule has 1 unspecified atom stereocenters. The van der Waals surface area contributed by atoms with Gasteiger partial charge in [0.05, 0.1) is 6.54 Å². The number of nitrogens with zero attached hydrogens (tertiary/aromatic N) is 4. The van der Waals surface area contributed by atoms with Gasteiger partial charge in [0.15, 0.2) is 11.4 Å². The van der Waals surface area contributed by atoms with Crippen molar-refractivity contribution >= 4 is 17.7 Å². The fraction of sp³-hybridized carbons (Fsp3) is 0.812. The molecule has 1 amide bonds. The maximum atomic E-state index is 12.6. The first-order chi connectivity index (χ1) is 11.6. The largest absolute Gasteiger partial charge is 0.379 e. The number of thioether (sulfide) groups is 1. The second kappa shape index (κ2) is 6.65. The van der Waals surface area contributed by atoms with E-state index in [0.29, 0.717) is 37.7 Å². The minimum Gasteiger partial charge on any atom is -0.379 e. The number of aliphatic hydroxyl groups is 1. The first-order valence-electron chi connectivity index (χ1n) is 8.78. The average molecular weight is 352 g/mol. The van der Waals surface area contributed by atoms with Gasteiger partial charge in [0.1, 0.15) is 0 Å². The molecule has 0 aromatic carbocycles. The van der Waals surface area contributed by atoms with Crippen LogP contribution in [0.2, 0.25) is 0 Å². The van der Waals surface area contributed by atoms with E-state index in [4.69, 9.17) is 4.52 Å². The maximum Gasteiger partial charge on any atom is 0.255 e. The monoisotopic (exact) mass is 352 g/mol. The third kappa shape index (κ3) is 3.45. The lowest BCUT2D eigenvalue weighted by Gasteiger charge is -2.29. The Balaban J connectivity index is 1.32. The van der Waals surface area contributed by atoms with Crippen LogP contribution in [-0.4, -0.2) is 74.2 Å². The minimum atomic E-state index is -1.15. The molecule has 8 heteroatoms. The van der Waals surface area contributed by atoms with E-state index in [1.807, 2.05) is 4.90 Å². The molecular formula is C16H24N4O3S. The molecule has 1 atom stereocenters. The van der Waals surface area contributed by atoms with Gasteiger partial charge in [0.25, 0.3) is 5.91 Å². The van der Waals surface area contributed by atoms with Crippen LogP contribution in [0.4, 0.5) is 0 Å². The predicted molar refractivity (Wildman–Crippen MR) is 89.6 cm³/mol. The van der Waals surface area contributed by atoms with E-state index >= 15 is 0 Å². The van der Waals surface area contributed by atoms with Crippen molar-refractivity contribution in [2.75, 3.05) is 37.7 Å². The molecule has 0 radical (unpaired) electrons. The van der Waals surface area contributed by atoms with Crippen LogP contribution in [0.15, 0.2) is 4.52 Å². The zero-order chi connectivity index (χ0) is 16.6. The highest BCUT2D eigenvalue weighted by Gasteiger charge is 2.42. The lowest BCUT2D eigenvalue weighted by molar-refractivity contribution is -0.148. The summed E-state index contributed by atoms with van der Waals surface area (Å²) in [5, 5.41) is 14.6. The van der Waals surface area contributed by atoms with Crippen LogP contribution in [0.3, 0.4) is 0 Å². The van der Waals surface area contributed by atoms with Gasteiger partial charge in [0, 0.05) is 37.8 Å². The molecule has 1 aromatic rings. The zero-order valence-corrected chi connectivity index (χ0v) is 14.6. The number of carbonyl (C=O) groups excluding carboxylic acids is 1. The van der Waals surface area contributed by atoms with Crippen LogP contribution in [-0.2, 0) is 11.3 Å². The van der Waals surface area contributed by atoms with Gasteiger partial charge >= 0.3 is 0 Å². The minimum absolute atomic E-state index is 0.0927. The van der Waals surface area contributed by atoms with Crippen LogP contribution >= 0.6 is 11.8 Å². The Bertz CT molecular complexity index is 598. The van der Waals surface area contributed by atoms with Gasteiger partial charge in [-0.15, -0.1) is 0 Å². The number of rotatable bonds is 4. The van der Waals surface area contributed by atoms with Crippen molar-refractivity contribution in [1.29, 1.82) is 0 Å².